The number of nitro benzene ring substituents is 1. The molecule has 0 spiro atoms. The first kappa shape index (κ1) is 13.7. The predicted molar refractivity (Wildman–Crippen MR) is 82.8 cm³/mol. The zero-order valence-electron chi connectivity index (χ0n) is 11.4. The van der Waals surface area contributed by atoms with Gasteiger partial charge in [-0.1, -0.05) is 24.3 Å². The SMILES string of the molecule is O=C(Nc1ccnc2ccccc12)c1cccc([N+](=O)[O-])c1. The van der Waals surface area contributed by atoms with Crippen LogP contribution in [0.5, 0.6) is 0 Å². The number of benzene rings is 2. The van der Waals surface area contributed by atoms with Crippen molar-refractivity contribution in [1.82, 2.24) is 4.98 Å². The highest BCUT2D eigenvalue weighted by atomic mass is 16.6. The first-order chi connectivity index (χ1) is 10.6. The highest BCUT2D eigenvalue weighted by Gasteiger charge is 2.12. The Morgan fingerprint density at radius 3 is 2.73 bits per heavy atom. The van der Waals surface area contributed by atoms with E-state index in [1.165, 1.54) is 24.3 Å². The quantitative estimate of drug-likeness (QED) is 0.592. The summed E-state index contributed by atoms with van der Waals surface area (Å²) < 4.78 is 0. The number of fused-ring (bicyclic) bond motifs is 1. The van der Waals surface area contributed by atoms with E-state index in [0.29, 0.717) is 5.69 Å². The standard InChI is InChI=1S/C16H11N3O3/c20-16(11-4-3-5-12(10-11)19(21)22)18-15-8-9-17-14-7-2-1-6-13(14)15/h1-10H,(H,17,18,20). The van der Waals surface area contributed by atoms with Gasteiger partial charge < -0.3 is 5.32 Å². The second kappa shape index (κ2) is 5.61. The van der Waals surface area contributed by atoms with Crippen LogP contribution in [-0.4, -0.2) is 15.8 Å². The molecule has 0 atom stereocenters. The predicted octanol–water partition coefficient (Wildman–Crippen LogP) is 3.40. The first-order valence-corrected chi connectivity index (χ1v) is 6.55. The van der Waals surface area contributed by atoms with Crippen LogP contribution in [0, 0.1) is 10.1 Å². The number of carbonyl (C=O) groups excluding carboxylic acids is 1. The number of anilines is 1. The molecule has 0 saturated heterocycles. The van der Waals surface area contributed by atoms with Gasteiger partial charge in [-0.15, -0.1) is 0 Å². The van der Waals surface area contributed by atoms with Crippen LogP contribution >= 0.6 is 0 Å². The number of pyridine rings is 1. The molecule has 0 aliphatic heterocycles. The van der Waals surface area contributed by atoms with E-state index >= 15 is 0 Å². The molecule has 0 aliphatic carbocycles. The van der Waals surface area contributed by atoms with Gasteiger partial charge in [0.2, 0.25) is 0 Å². The maximum absolute atomic E-state index is 12.3. The Balaban J connectivity index is 1.93. The highest BCUT2D eigenvalue weighted by Crippen LogP contribution is 2.22. The lowest BCUT2D eigenvalue weighted by molar-refractivity contribution is -0.384. The van der Waals surface area contributed by atoms with E-state index in [1.807, 2.05) is 24.3 Å². The summed E-state index contributed by atoms with van der Waals surface area (Å²) in [7, 11) is 0. The van der Waals surface area contributed by atoms with Crippen LogP contribution in [0.4, 0.5) is 11.4 Å². The summed E-state index contributed by atoms with van der Waals surface area (Å²) in [5.41, 5.74) is 1.49. The molecule has 22 heavy (non-hydrogen) atoms. The lowest BCUT2D eigenvalue weighted by Crippen LogP contribution is -2.12. The zero-order valence-corrected chi connectivity index (χ0v) is 11.4. The van der Waals surface area contributed by atoms with Crippen molar-refractivity contribution in [2.45, 2.75) is 0 Å². The molecular formula is C16H11N3O3. The molecule has 0 saturated carbocycles. The fourth-order valence-electron chi connectivity index (χ4n) is 2.16. The third kappa shape index (κ3) is 2.62. The fourth-order valence-corrected chi connectivity index (χ4v) is 2.16. The monoisotopic (exact) mass is 293 g/mol. The summed E-state index contributed by atoms with van der Waals surface area (Å²) in [4.78, 5) is 26.7. The van der Waals surface area contributed by atoms with Crippen LogP contribution in [0.2, 0.25) is 0 Å². The molecular weight excluding hydrogens is 282 g/mol. The number of non-ortho nitro benzene ring substituents is 1. The van der Waals surface area contributed by atoms with Gasteiger partial charge in [0, 0.05) is 29.3 Å². The number of hydrogen-bond donors (Lipinski definition) is 1. The van der Waals surface area contributed by atoms with Crippen molar-refractivity contribution in [2.24, 2.45) is 0 Å². The average Bonchev–Trinajstić information content (AvgIpc) is 2.55. The van der Waals surface area contributed by atoms with Crippen LogP contribution in [0.25, 0.3) is 10.9 Å². The number of hydrogen-bond acceptors (Lipinski definition) is 4. The maximum atomic E-state index is 12.3. The van der Waals surface area contributed by atoms with Crippen LogP contribution in [-0.2, 0) is 0 Å². The third-order valence-electron chi connectivity index (χ3n) is 3.22. The van der Waals surface area contributed by atoms with Crippen molar-refractivity contribution in [3.05, 3.63) is 76.5 Å². The van der Waals surface area contributed by atoms with Crippen molar-refractivity contribution in [1.29, 1.82) is 0 Å². The Bertz CT molecular complexity index is 872. The zero-order chi connectivity index (χ0) is 15.5. The molecule has 3 rings (SSSR count). The van der Waals surface area contributed by atoms with E-state index in [4.69, 9.17) is 0 Å². The molecule has 0 radical (unpaired) electrons. The molecule has 2 aromatic carbocycles. The number of nitrogens with one attached hydrogen (secondary N) is 1. The molecule has 3 aromatic rings. The minimum absolute atomic E-state index is 0.118. The van der Waals surface area contributed by atoms with Gasteiger partial charge in [0.05, 0.1) is 16.1 Å². The van der Waals surface area contributed by atoms with E-state index in [1.54, 1.807) is 12.3 Å². The van der Waals surface area contributed by atoms with Crippen molar-refractivity contribution < 1.29 is 9.72 Å². The molecule has 1 heterocycles. The maximum Gasteiger partial charge on any atom is 0.270 e. The van der Waals surface area contributed by atoms with E-state index < -0.39 is 10.8 Å². The van der Waals surface area contributed by atoms with Gasteiger partial charge >= 0.3 is 0 Å². The Hall–Kier alpha value is -3.28. The number of rotatable bonds is 3. The highest BCUT2D eigenvalue weighted by molar-refractivity contribution is 6.08. The van der Waals surface area contributed by atoms with Crippen LogP contribution in [0.1, 0.15) is 10.4 Å². The number of aromatic nitrogens is 1. The molecule has 1 N–H and O–H groups in total. The van der Waals surface area contributed by atoms with Crippen LogP contribution in [0.3, 0.4) is 0 Å². The lowest BCUT2D eigenvalue weighted by atomic mass is 10.1. The Morgan fingerprint density at radius 1 is 1.09 bits per heavy atom. The number of para-hydroxylation sites is 1. The van der Waals surface area contributed by atoms with Gasteiger partial charge in [-0.05, 0) is 18.2 Å². The number of amides is 1. The first-order valence-electron chi connectivity index (χ1n) is 6.55. The summed E-state index contributed by atoms with van der Waals surface area (Å²) in [6.45, 7) is 0. The third-order valence-corrected chi connectivity index (χ3v) is 3.22. The molecule has 1 aromatic heterocycles. The van der Waals surface area contributed by atoms with E-state index in [-0.39, 0.29) is 11.3 Å². The summed E-state index contributed by atoms with van der Waals surface area (Å²) in [5, 5.41) is 14.3. The second-order valence-corrected chi connectivity index (χ2v) is 4.64. The summed E-state index contributed by atoms with van der Waals surface area (Å²) in [6, 6.07) is 14.7. The number of nitrogens with zero attached hydrogens (tertiary/aromatic N) is 2. The molecule has 1 amide bonds. The molecule has 108 valence electrons. The molecule has 0 unspecified atom stereocenters. The van der Waals surface area contributed by atoms with Gasteiger partial charge in [0.25, 0.3) is 11.6 Å². The minimum atomic E-state index is -0.529. The topological polar surface area (TPSA) is 85.1 Å². The normalized spacial score (nSPS) is 10.4. The van der Waals surface area contributed by atoms with Gasteiger partial charge in [-0.3, -0.25) is 19.9 Å². The van der Waals surface area contributed by atoms with E-state index in [9.17, 15) is 14.9 Å². The Kier molecular flexibility index (Phi) is 3.49. The van der Waals surface area contributed by atoms with Crippen LogP contribution in [0.15, 0.2) is 60.8 Å². The van der Waals surface area contributed by atoms with Gasteiger partial charge in [0.1, 0.15) is 0 Å². The molecule has 0 fully saturated rings. The van der Waals surface area contributed by atoms with Crippen molar-refractivity contribution in [2.75, 3.05) is 5.32 Å². The molecule has 6 heteroatoms. The van der Waals surface area contributed by atoms with Crippen LogP contribution < -0.4 is 5.32 Å². The summed E-state index contributed by atoms with van der Waals surface area (Å²) >= 11 is 0. The van der Waals surface area contributed by atoms with Gasteiger partial charge in [0.15, 0.2) is 0 Å². The van der Waals surface area contributed by atoms with Crippen molar-refractivity contribution in [3.63, 3.8) is 0 Å². The van der Waals surface area contributed by atoms with E-state index in [0.717, 1.165) is 10.9 Å². The van der Waals surface area contributed by atoms with Crippen molar-refractivity contribution >= 4 is 28.2 Å². The largest absolute Gasteiger partial charge is 0.321 e. The number of carbonyl (C=O) groups is 1. The van der Waals surface area contributed by atoms with Gasteiger partial charge in [-0.2, -0.15) is 0 Å². The minimum Gasteiger partial charge on any atom is -0.321 e. The Morgan fingerprint density at radius 2 is 1.91 bits per heavy atom. The van der Waals surface area contributed by atoms with Gasteiger partial charge in [-0.25, -0.2) is 0 Å². The Labute approximate surface area is 125 Å². The molecule has 0 aliphatic rings. The smallest absolute Gasteiger partial charge is 0.270 e. The average molecular weight is 293 g/mol. The second-order valence-electron chi connectivity index (χ2n) is 4.64. The van der Waals surface area contributed by atoms with E-state index in [2.05, 4.69) is 10.3 Å². The van der Waals surface area contributed by atoms with Crippen molar-refractivity contribution in [3.8, 4) is 0 Å². The molecule has 6 nitrogen and oxygen atoms in total. The molecule has 0 bridgehead atoms. The fraction of sp³-hybridized carbons (Fsp3) is 0. The summed E-state index contributed by atoms with van der Waals surface area (Å²) in [5.74, 6) is -0.403. The lowest BCUT2D eigenvalue weighted by Gasteiger charge is -2.08. The number of nitro groups is 1. The summed E-state index contributed by atoms with van der Waals surface area (Å²) in [6.07, 6.45) is 1.60.